The second-order valence-corrected chi connectivity index (χ2v) is 4.93. The molecular weight excluding hydrogens is 218 g/mol. The lowest BCUT2D eigenvalue weighted by molar-refractivity contribution is 0.0522. The third kappa shape index (κ3) is 4.89. The fourth-order valence-electron chi connectivity index (χ4n) is 1.41. The van der Waals surface area contributed by atoms with E-state index in [-0.39, 0.29) is 0 Å². The number of aryl methyl sites for hydroxylation is 1. The number of amides is 1. The number of ether oxygens (including phenoxy) is 1. The molecule has 1 aromatic heterocycles. The maximum Gasteiger partial charge on any atom is 0.407 e. The molecule has 0 aliphatic rings. The highest BCUT2D eigenvalue weighted by atomic mass is 16.6. The summed E-state index contributed by atoms with van der Waals surface area (Å²) in [6.45, 7) is 8.97. The van der Waals surface area contributed by atoms with Crippen molar-refractivity contribution < 1.29 is 9.53 Å². The van der Waals surface area contributed by atoms with Crippen LogP contribution in [0.4, 0.5) is 4.79 Å². The minimum atomic E-state index is -0.465. The Morgan fingerprint density at radius 2 is 2.24 bits per heavy atom. The Hall–Kier alpha value is -1.52. The predicted octanol–water partition coefficient (Wildman–Crippen LogP) is 2.32. The molecule has 5 nitrogen and oxygen atoms in total. The molecule has 0 spiro atoms. The largest absolute Gasteiger partial charge is 0.444 e. The van der Waals surface area contributed by atoms with E-state index < -0.39 is 11.7 Å². The van der Waals surface area contributed by atoms with Crippen LogP contribution in [0.25, 0.3) is 0 Å². The number of carbonyl (C=O) groups is 1. The summed E-state index contributed by atoms with van der Waals surface area (Å²) in [4.78, 5) is 15.5. The van der Waals surface area contributed by atoms with Crippen LogP contribution in [-0.4, -0.2) is 21.2 Å². The molecule has 1 heterocycles. The molecule has 0 unspecified atom stereocenters. The van der Waals surface area contributed by atoms with Crippen LogP contribution in [0.3, 0.4) is 0 Å². The van der Waals surface area contributed by atoms with Crippen molar-refractivity contribution in [1.82, 2.24) is 14.9 Å². The van der Waals surface area contributed by atoms with E-state index in [9.17, 15) is 4.79 Å². The number of rotatable bonds is 4. The Morgan fingerprint density at radius 3 is 2.82 bits per heavy atom. The van der Waals surface area contributed by atoms with Gasteiger partial charge >= 0.3 is 6.09 Å². The van der Waals surface area contributed by atoms with Crippen molar-refractivity contribution in [3.8, 4) is 0 Å². The summed E-state index contributed by atoms with van der Waals surface area (Å²) in [6.07, 6.45) is 4.17. The van der Waals surface area contributed by atoms with Crippen molar-refractivity contribution >= 4 is 6.09 Å². The van der Waals surface area contributed by atoms with Gasteiger partial charge in [0.05, 0.1) is 18.6 Å². The molecule has 5 heteroatoms. The first-order valence-electron chi connectivity index (χ1n) is 5.88. The summed E-state index contributed by atoms with van der Waals surface area (Å²) in [6, 6.07) is 0. The van der Waals surface area contributed by atoms with Crippen molar-refractivity contribution in [2.24, 2.45) is 0 Å². The molecular formula is C12H21N3O2. The topological polar surface area (TPSA) is 56.2 Å². The molecule has 17 heavy (non-hydrogen) atoms. The van der Waals surface area contributed by atoms with E-state index in [2.05, 4.69) is 17.2 Å². The molecule has 1 amide bonds. The van der Waals surface area contributed by atoms with Crippen LogP contribution in [-0.2, 0) is 17.8 Å². The van der Waals surface area contributed by atoms with E-state index in [1.807, 2.05) is 25.3 Å². The van der Waals surface area contributed by atoms with Crippen molar-refractivity contribution in [2.75, 3.05) is 0 Å². The number of aromatic nitrogens is 2. The second kappa shape index (κ2) is 5.70. The van der Waals surface area contributed by atoms with Gasteiger partial charge in [-0.25, -0.2) is 9.78 Å². The van der Waals surface area contributed by atoms with Gasteiger partial charge in [0, 0.05) is 12.7 Å². The van der Waals surface area contributed by atoms with E-state index in [1.165, 1.54) is 0 Å². The minimum Gasteiger partial charge on any atom is -0.444 e. The third-order valence-electron chi connectivity index (χ3n) is 2.08. The standard InChI is InChI=1S/C12H21N3O2/c1-5-6-15-9-13-7-10(15)8-14-11(16)17-12(2,3)4/h7,9H,5-6,8H2,1-4H3,(H,14,16). The zero-order valence-electron chi connectivity index (χ0n) is 11.0. The van der Waals surface area contributed by atoms with Crippen LogP contribution in [0.15, 0.2) is 12.5 Å². The van der Waals surface area contributed by atoms with Gasteiger partial charge in [-0.05, 0) is 27.2 Å². The number of nitrogens with one attached hydrogen (secondary N) is 1. The lowest BCUT2D eigenvalue weighted by atomic mass is 10.2. The molecule has 96 valence electrons. The molecule has 1 N–H and O–H groups in total. The van der Waals surface area contributed by atoms with Crippen molar-refractivity contribution in [2.45, 2.75) is 52.8 Å². The van der Waals surface area contributed by atoms with Crippen LogP contribution in [0.5, 0.6) is 0 Å². The Morgan fingerprint density at radius 1 is 1.53 bits per heavy atom. The van der Waals surface area contributed by atoms with Crippen molar-refractivity contribution in [3.05, 3.63) is 18.2 Å². The summed E-state index contributed by atoms with van der Waals surface area (Å²) in [5, 5.41) is 2.72. The summed E-state index contributed by atoms with van der Waals surface area (Å²) < 4.78 is 7.18. The normalized spacial score (nSPS) is 11.3. The van der Waals surface area contributed by atoms with Crippen LogP contribution < -0.4 is 5.32 Å². The van der Waals surface area contributed by atoms with Crippen molar-refractivity contribution in [3.63, 3.8) is 0 Å². The fourth-order valence-corrected chi connectivity index (χ4v) is 1.41. The quantitative estimate of drug-likeness (QED) is 0.877. The van der Waals surface area contributed by atoms with E-state index >= 15 is 0 Å². The number of carbonyl (C=O) groups excluding carboxylic acids is 1. The molecule has 0 aromatic carbocycles. The van der Waals surface area contributed by atoms with Crippen LogP contribution >= 0.6 is 0 Å². The van der Waals surface area contributed by atoms with Gasteiger partial charge in [-0.2, -0.15) is 0 Å². The van der Waals surface area contributed by atoms with Gasteiger partial charge in [0.25, 0.3) is 0 Å². The maximum absolute atomic E-state index is 11.5. The average molecular weight is 239 g/mol. The highest BCUT2D eigenvalue weighted by molar-refractivity contribution is 5.67. The maximum atomic E-state index is 11.5. The Balaban J connectivity index is 2.44. The molecule has 1 rings (SSSR count). The lowest BCUT2D eigenvalue weighted by Gasteiger charge is -2.19. The second-order valence-electron chi connectivity index (χ2n) is 4.93. The first-order valence-corrected chi connectivity index (χ1v) is 5.88. The van der Waals surface area contributed by atoms with Gasteiger partial charge in [0.1, 0.15) is 5.60 Å². The Kier molecular flexibility index (Phi) is 4.54. The molecule has 0 atom stereocenters. The highest BCUT2D eigenvalue weighted by Gasteiger charge is 2.16. The molecule has 0 aliphatic heterocycles. The number of hydrogen-bond acceptors (Lipinski definition) is 3. The minimum absolute atomic E-state index is 0.401. The Labute approximate surface area is 102 Å². The van der Waals surface area contributed by atoms with Gasteiger partial charge in [0.15, 0.2) is 0 Å². The molecule has 0 saturated heterocycles. The number of hydrogen-bond donors (Lipinski definition) is 1. The zero-order valence-corrected chi connectivity index (χ0v) is 11.0. The lowest BCUT2D eigenvalue weighted by Crippen LogP contribution is -2.32. The first-order chi connectivity index (χ1) is 7.92. The van der Waals surface area contributed by atoms with Gasteiger partial charge in [0.2, 0.25) is 0 Å². The predicted molar refractivity (Wildman–Crippen MR) is 65.6 cm³/mol. The third-order valence-corrected chi connectivity index (χ3v) is 2.08. The highest BCUT2D eigenvalue weighted by Crippen LogP contribution is 2.07. The smallest absolute Gasteiger partial charge is 0.407 e. The van der Waals surface area contributed by atoms with E-state index in [0.717, 1.165) is 18.7 Å². The molecule has 0 radical (unpaired) electrons. The van der Waals surface area contributed by atoms with E-state index in [1.54, 1.807) is 12.5 Å². The van der Waals surface area contributed by atoms with Crippen molar-refractivity contribution in [1.29, 1.82) is 0 Å². The van der Waals surface area contributed by atoms with E-state index in [0.29, 0.717) is 6.54 Å². The van der Waals surface area contributed by atoms with Gasteiger partial charge in [-0.15, -0.1) is 0 Å². The molecule has 0 aliphatic carbocycles. The number of alkyl carbamates (subject to hydrolysis) is 1. The van der Waals surface area contributed by atoms with Gasteiger partial charge in [-0.1, -0.05) is 6.92 Å². The first kappa shape index (κ1) is 13.5. The summed E-state index contributed by atoms with van der Waals surface area (Å²) in [7, 11) is 0. The summed E-state index contributed by atoms with van der Waals surface area (Å²) in [5.74, 6) is 0. The monoisotopic (exact) mass is 239 g/mol. The Bertz CT molecular complexity index is 366. The summed E-state index contributed by atoms with van der Waals surface area (Å²) >= 11 is 0. The van der Waals surface area contributed by atoms with Crippen LogP contribution in [0.1, 0.15) is 39.8 Å². The van der Waals surface area contributed by atoms with Crippen LogP contribution in [0, 0.1) is 0 Å². The SMILES string of the molecule is CCCn1cncc1CNC(=O)OC(C)(C)C. The molecule has 0 saturated carbocycles. The van der Waals surface area contributed by atoms with E-state index in [4.69, 9.17) is 4.74 Å². The van der Waals surface area contributed by atoms with Crippen LogP contribution in [0.2, 0.25) is 0 Å². The summed E-state index contributed by atoms with van der Waals surface area (Å²) in [5.41, 5.74) is 0.519. The molecule has 1 aromatic rings. The molecule has 0 bridgehead atoms. The molecule has 0 fully saturated rings. The fraction of sp³-hybridized carbons (Fsp3) is 0.667. The number of imidazole rings is 1. The number of nitrogens with zero attached hydrogens (tertiary/aromatic N) is 2. The zero-order chi connectivity index (χ0) is 12.9. The van der Waals surface area contributed by atoms with Gasteiger partial charge < -0.3 is 14.6 Å². The average Bonchev–Trinajstić information content (AvgIpc) is 2.60. The van der Waals surface area contributed by atoms with Gasteiger partial charge in [-0.3, -0.25) is 0 Å².